The number of rotatable bonds is 13. The number of hydrogen-bond donors (Lipinski definition) is 8. The number of amides is 3. The van der Waals surface area contributed by atoms with Crippen LogP contribution in [0.15, 0.2) is 72.8 Å². The van der Waals surface area contributed by atoms with Gasteiger partial charge in [0.2, 0.25) is 17.7 Å². The molecule has 0 aliphatic heterocycles. The summed E-state index contributed by atoms with van der Waals surface area (Å²) in [4.78, 5) is 50.8. The first-order chi connectivity index (χ1) is 19.9. The molecule has 9 N–H and O–H groups in total. The van der Waals surface area contributed by atoms with Crippen molar-refractivity contribution >= 4 is 23.7 Å². The third-order valence-corrected chi connectivity index (χ3v) is 6.48. The van der Waals surface area contributed by atoms with Gasteiger partial charge in [0.25, 0.3) is 0 Å². The van der Waals surface area contributed by atoms with Crippen LogP contribution in [0.4, 0.5) is 0 Å². The number of carbonyl (C=O) groups is 4. The molecule has 3 aromatic rings. The fourth-order valence-electron chi connectivity index (χ4n) is 4.08. The normalized spacial score (nSPS) is 13.7. The van der Waals surface area contributed by atoms with Gasteiger partial charge >= 0.3 is 5.97 Å². The molecule has 0 heterocycles. The number of nitrogens with two attached hydrogens (primary N) is 1. The first-order valence-electron chi connectivity index (χ1n) is 13.1. The molecule has 12 nitrogen and oxygen atoms in total. The van der Waals surface area contributed by atoms with E-state index >= 15 is 0 Å². The zero-order valence-corrected chi connectivity index (χ0v) is 22.9. The summed E-state index contributed by atoms with van der Waals surface area (Å²) in [6.07, 6.45) is 0.0906. The molecule has 0 fully saturated rings. The van der Waals surface area contributed by atoms with E-state index in [1.165, 1.54) is 55.5 Å². The molecule has 0 saturated carbocycles. The molecule has 12 heteroatoms. The van der Waals surface area contributed by atoms with Crippen LogP contribution in [-0.2, 0) is 38.4 Å². The van der Waals surface area contributed by atoms with Gasteiger partial charge in [-0.15, -0.1) is 0 Å². The van der Waals surface area contributed by atoms with E-state index in [0.717, 1.165) is 0 Å². The summed E-state index contributed by atoms with van der Waals surface area (Å²) in [5.74, 6) is -3.27. The molecule has 42 heavy (non-hydrogen) atoms. The van der Waals surface area contributed by atoms with Crippen molar-refractivity contribution in [2.45, 2.75) is 50.4 Å². The Bertz CT molecular complexity index is 1380. The van der Waals surface area contributed by atoms with Crippen LogP contribution < -0.4 is 21.7 Å². The van der Waals surface area contributed by atoms with Gasteiger partial charge in [0.05, 0.1) is 6.04 Å². The van der Waals surface area contributed by atoms with Crippen molar-refractivity contribution in [2.75, 3.05) is 0 Å². The molecule has 222 valence electrons. The number of phenolic OH excluding ortho intramolecular Hbond substituents is 3. The van der Waals surface area contributed by atoms with Crippen LogP contribution >= 0.6 is 0 Å². The second-order valence-corrected chi connectivity index (χ2v) is 9.91. The lowest BCUT2D eigenvalue weighted by Crippen LogP contribution is -2.57. The van der Waals surface area contributed by atoms with Gasteiger partial charge in [-0.1, -0.05) is 36.4 Å². The molecule has 3 amide bonds. The van der Waals surface area contributed by atoms with Gasteiger partial charge in [-0.05, 0) is 66.4 Å². The summed E-state index contributed by atoms with van der Waals surface area (Å²) in [6, 6.07) is 13.4. The number of aliphatic carboxylic acids is 1. The summed E-state index contributed by atoms with van der Waals surface area (Å²) in [6.45, 7) is 1.38. The van der Waals surface area contributed by atoms with Crippen LogP contribution in [0.25, 0.3) is 0 Å². The molecule has 0 bridgehead atoms. The zero-order chi connectivity index (χ0) is 30.8. The van der Waals surface area contributed by atoms with Crippen molar-refractivity contribution in [3.05, 3.63) is 89.5 Å². The van der Waals surface area contributed by atoms with Gasteiger partial charge < -0.3 is 42.1 Å². The number of nitrogens with one attached hydrogen (secondary N) is 3. The minimum atomic E-state index is -1.30. The van der Waals surface area contributed by atoms with Crippen LogP contribution in [0.5, 0.6) is 17.2 Å². The van der Waals surface area contributed by atoms with Crippen molar-refractivity contribution in [3.63, 3.8) is 0 Å². The molecule has 0 radical (unpaired) electrons. The minimum Gasteiger partial charge on any atom is -0.508 e. The van der Waals surface area contributed by atoms with Crippen LogP contribution in [0, 0.1) is 0 Å². The van der Waals surface area contributed by atoms with E-state index in [-0.39, 0.29) is 36.5 Å². The Labute approximate surface area is 242 Å². The number of hydrogen-bond acceptors (Lipinski definition) is 8. The number of carboxylic acids is 1. The Morgan fingerprint density at radius 3 is 1.40 bits per heavy atom. The van der Waals surface area contributed by atoms with Crippen LogP contribution in [0.2, 0.25) is 0 Å². The van der Waals surface area contributed by atoms with Gasteiger partial charge in [-0.3, -0.25) is 14.4 Å². The Kier molecular flexibility index (Phi) is 10.9. The lowest BCUT2D eigenvalue weighted by molar-refractivity contribution is -0.142. The highest BCUT2D eigenvalue weighted by molar-refractivity contribution is 5.94. The fourth-order valence-corrected chi connectivity index (χ4v) is 4.08. The Morgan fingerprint density at radius 1 is 0.595 bits per heavy atom. The fraction of sp³-hybridized carbons (Fsp3) is 0.267. The van der Waals surface area contributed by atoms with E-state index in [9.17, 15) is 39.6 Å². The number of benzene rings is 3. The summed E-state index contributed by atoms with van der Waals surface area (Å²) < 4.78 is 0. The SMILES string of the molecule is CC(NC(=O)C(Cc1ccc(O)cc1)NC(=O)C(N)Cc1ccc(O)cc1)C(=O)NC(Cc1ccc(O)cc1)C(=O)O. The highest BCUT2D eigenvalue weighted by Gasteiger charge is 2.29. The monoisotopic (exact) mass is 578 g/mol. The van der Waals surface area contributed by atoms with Crippen LogP contribution in [-0.4, -0.2) is 68.3 Å². The molecule has 0 aliphatic carbocycles. The first kappa shape index (κ1) is 31.4. The Balaban J connectivity index is 1.68. The summed E-state index contributed by atoms with van der Waals surface area (Å²) in [7, 11) is 0. The lowest BCUT2D eigenvalue weighted by atomic mass is 10.0. The third kappa shape index (κ3) is 9.52. The Morgan fingerprint density at radius 2 is 0.976 bits per heavy atom. The number of carboxylic acid groups (broad SMARTS) is 1. The molecular formula is C30H34N4O8. The van der Waals surface area contributed by atoms with Crippen molar-refractivity contribution < 1.29 is 39.6 Å². The topological polar surface area (TPSA) is 211 Å². The van der Waals surface area contributed by atoms with E-state index in [0.29, 0.717) is 16.7 Å². The van der Waals surface area contributed by atoms with E-state index < -0.39 is 47.9 Å². The maximum absolute atomic E-state index is 13.3. The predicted octanol–water partition coefficient (Wildman–Crippen LogP) is 0.718. The first-order valence-corrected chi connectivity index (χ1v) is 13.1. The highest BCUT2D eigenvalue weighted by Crippen LogP contribution is 2.14. The third-order valence-electron chi connectivity index (χ3n) is 6.48. The van der Waals surface area contributed by atoms with Crippen LogP contribution in [0.1, 0.15) is 23.6 Å². The van der Waals surface area contributed by atoms with E-state index in [4.69, 9.17) is 5.73 Å². The van der Waals surface area contributed by atoms with Gasteiger partial charge in [0.15, 0.2) is 0 Å². The second kappa shape index (κ2) is 14.5. The maximum Gasteiger partial charge on any atom is 0.326 e. The summed E-state index contributed by atoms with van der Waals surface area (Å²) in [5, 5.41) is 45.6. The molecule has 3 rings (SSSR count). The maximum atomic E-state index is 13.3. The van der Waals surface area contributed by atoms with Gasteiger partial charge in [0, 0.05) is 12.8 Å². The van der Waals surface area contributed by atoms with Crippen LogP contribution in [0.3, 0.4) is 0 Å². The zero-order valence-electron chi connectivity index (χ0n) is 22.9. The predicted molar refractivity (Wildman–Crippen MR) is 153 cm³/mol. The number of aromatic hydroxyl groups is 3. The lowest BCUT2D eigenvalue weighted by Gasteiger charge is -2.24. The van der Waals surface area contributed by atoms with Crippen molar-refractivity contribution in [2.24, 2.45) is 5.73 Å². The molecule has 0 aliphatic rings. The van der Waals surface area contributed by atoms with Crippen molar-refractivity contribution in [3.8, 4) is 17.2 Å². The smallest absolute Gasteiger partial charge is 0.326 e. The molecule has 0 saturated heterocycles. The van der Waals surface area contributed by atoms with Crippen molar-refractivity contribution in [1.82, 2.24) is 16.0 Å². The molecule has 4 atom stereocenters. The Hall–Kier alpha value is -5.10. The molecule has 0 aromatic heterocycles. The largest absolute Gasteiger partial charge is 0.508 e. The standard InChI is InChI=1S/C30H34N4O8/c1-17(27(38)34-26(30(41)42)16-20-6-12-23(37)13-7-20)32-29(40)25(15-19-4-10-22(36)11-5-19)33-28(39)24(31)14-18-2-8-21(35)9-3-18/h2-13,17,24-26,35-37H,14-16,31H2,1H3,(H,32,40)(H,33,39)(H,34,38)(H,41,42). The van der Waals surface area contributed by atoms with Crippen molar-refractivity contribution in [1.29, 1.82) is 0 Å². The average Bonchev–Trinajstić information content (AvgIpc) is 2.95. The van der Waals surface area contributed by atoms with Gasteiger partial charge in [-0.25, -0.2) is 4.79 Å². The molecular weight excluding hydrogens is 544 g/mol. The summed E-state index contributed by atoms with van der Waals surface area (Å²) in [5.41, 5.74) is 7.95. The quantitative estimate of drug-likeness (QED) is 0.143. The van der Waals surface area contributed by atoms with E-state index in [1.54, 1.807) is 24.3 Å². The van der Waals surface area contributed by atoms with Gasteiger partial charge in [-0.2, -0.15) is 0 Å². The van der Waals surface area contributed by atoms with Gasteiger partial charge in [0.1, 0.15) is 35.4 Å². The highest BCUT2D eigenvalue weighted by atomic mass is 16.4. The molecule has 0 spiro atoms. The van der Waals surface area contributed by atoms with E-state index in [2.05, 4.69) is 16.0 Å². The number of phenols is 3. The average molecular weight is 579 g/mol. The van der Waals surface area contributed by atoms with E-state index in [1.807, 2.05) is 0 Å². The molecule has 3 aromatic carbocycles. The second-order valence-electron chi connectivity index (χ2n) is 9.91. The summed E-state index contributed by atoms with van der Waals surface area (Å²) >= 11 is 0. The minimum absolute atomic E-state index is 0.0106. The number of carbonyl (C=O) groups excluding carboxylic acids is 3. The molecule has 4 unspecified atom stereocenters.